The van der Waals surface area contributed by atoms with Crippen molar-refractivity contribution in [3.8, 4) is 68.9 Å². The third-order valence-electron chi connectivity index (χ3n) is 13.8. The minimum absolute atomic E-state index is 0.0747. The van der Waals surface area contributed by atoms with Crippen LogP contribution in [0.25, 0.3) is 33.4 Å². The van der Waals surface area contributed by atoms with E-state index < -0.39 is 112 Å². The van der Waals surface area contributed by atoms with E-state index in [1.165, 1.54) is 6.08 Å². The average molecular weight is 1350 g/mol. The van der Waals surface area contributed by atoms with Crippen molar-refractivity contribution in [3.05, 3.63) is 179 Å². The van der Waals surface area contributed by atoms with Crippen LogP contribution in [-0.4, -0.2) is 110 Å². The van der Waals surface area contributed by atoms with E-state index in [2.05, 4.69) is 75.2 Å². The minimum Gasteiger partial charge on any atom is -0.748 e. The van der Waals surface area contributed by atoms with E-state index in [1.807, 2.05) is 109 Å². The normalized spacial score (nSPS) is 19.4. The molecule has 0 radical (unpaired) electrons. The Balaban J connectivity index is 0.000000192. The van der Waals surface area contributed by atoms with Crippen LogP contribution in [0.1, 0.15) is 42.4 Å². The van der Waals surface area contributed by atoms with Crippen LogP contribution < -0.4 is 39.7 Å². The number of hydrogen-bond acceptors (Lipinski definition) is 20. The number of allylic oxidation sites excluding steroid dienone is 4. The minimum atomic E-state index is -5.16. The molecule has 0 saturated heterocycles. The quantitative estimate of drug-likeness (QED) is 0.0650. The first-order chi connectivity index (χ1) is 41.8. The topological polar surface area (TPSA) is 530 Å². The summed E-state index contributed by atoms with van der Waals surface area (Å²) < 4.78 is 210. The van der Waals surface area contributed by atoms with Crippen LogP contribution in [0, 0.1) is 35.5 Å². The Bertz CT molecular complexity index is 4350. The maximum Gasteiger partial charge on any atom is 0.202 e. The van der Waals surface area contributed by atoms with Crippen molar-refractivity contribution >= 4 is 94.8 Å². The summed E-state index contributed by atoms with van der Waals surface area (Å²) in [4.78, 5) is 0. The highest BCUT2D eigenvalue weighted by Gasteiger charge is 2.38. The summed E-state index contributed by atoms with van der Waals surface area (Å²) in [6.07, 6.45) is 1.65. The lowest BCUT2D eigenvalue weighted by Gasteiger charge is -2.34. The van der Waals surface area contributed by atoms with Gasteiger partial charge in [-0.1, -0.05) is 78.0 Å². The van der Waals surface area contributed by atoms with Crippen molar-refractivity contribution in [2.24, 2.45) is 0 Å². The van der Waals surface area contributed by atoms with Gasteiger partial charge in [-0.05, 0) is 106 Å². The smallest absolute Gasteiger partial charge is 0.202 e. The second-order valence-corrected chi connectivity index (χ2v) is 29.9. The van der Waals surface area contributed by atoms with Gasteiger partial charge in [0.1, 0.15) is 85.2 Å². The fourth-order valence-corrected chi connectivity index (χ4v) is 16.5. The van der Waals surface area contributed by atoms with Gasteiger partial charge < -0.3 is 71.8 Å². The highest BCUT2D eigenvalue weighted by molar-refractivity contribution is 7.91. The molecule has 90 heavy (non-hydrogen) atoms. The van der Waals surface area contributed by atoms with Crippen molar-refractivity contribution in [3.63, 3.8) is 0 Å². The molecule has 0 aromatic heterocycles. The van der Waals surface area contributed by atoms with Crippen molar-refractivity contribution in [1.29, 1.82) is 0 Å². The molecule has 0 unspecified atom stereocenters. The van der Waals surface area contributed by atoms with Gasteiger partial charge >= 0.3 is 0 Å². The van der Waals surface area contributed by atoms with E-state index in [4.69, 9.17) is 4.74 Å². The maximum absolute atomic E-state index is 11.5. The third kappa shape index (κ3) is 18.8. The van der Waals surface area contributed by atoms with Crippen LogP contribution in [0.15, 0.2) is 163 Å². The molecule has 3 aliphatic rings. The SMILES string of the molecule is [NH3+]c1cccc(-c2ccc([NH3+])cc2C#CC2=CC[C@H](S(=O)(=O)[O-])[C@H](S(=O)(=O)[O-])C2)c1.[NH3+]c1cccc(-c2ccc([NH3+])cc2C#CC2=CN[C@H](S(=O)(=O)[O-])[C@H](S(=O)(=O)[O-])C2)c1.[NH3+]c1cccc(-c2ccc([NH3+])cc2C#CC2=CO[C@H](S(=O)(=O)[O-])[C@H](S(=O)(=O)[O-])C2)c1. The molecule has 19 N–H and O–H groups in total. The van der Waals surface area contributed by atoms with Gasteiger partial charge in [0.05, 0.1) is 42.2 Å². The molecule has 2 heterocycles. The van der Waals surface area contributed by atoms with Crippen LogP contribution in [0.4, 0.5) is 34.1 Å². The maximum atomic E-state index is 11.5. The summed E-state index contributed by atoms with van der Waals surface area (Å²) in [7, 11) is -30.3. The third-order valence-corrected chi connectivity index (χ3v) is 21.2. The number of benzene rings is 6. The standard InChI is InChI=1S/C20H20N2O6S2.C19H19N3O6S2.C19H18N2O7S2/c21-16-3-1-2-14(11-16)18-8-7-17(22)12-15(18)6-4-13-5-9-19(29(23,24)25)20(10-13)30(26,27)28;20-15-3-1-2-13(9-15)17-7-6-16(21)10-14(17)5-4-12-8-18(29(23,24)25)19(22-11-12)30(26,27)28;20-15-3-1-2-13(9-15)17-7-6-16(21)10-14(17)5-4-12-8-18(29(22,23)24)19(28-11-12)30(25,26)27/h1-3,5,7-8,11-12,19-20H,9-10,21-22H2,(H,23,24,25)(H,26,27,28);1-3,6-7,9-11,18-19,22H,8,20-21H2,(H,23,24,25)(H,26,27,28);1-3,6-7,9-11,18-19H,8,20-21H2,(H,22,23,24)(H,25,26,27)/t19-,20+;2*18-,19-/m011/s1. The molecule has 6 aromatic carbocycles. The molecule has 0 bridgehead atoms. The lowest BCUT2D eigenvalue weighted by molar-refractivity contribution is -0.255. The zero-order valence-electron chi connectivity index (χ0n) is 47.1. The molecule has 0 spiro atoms. The lowest BCUT2D eigenvalue weighted by atomic mass is 9.96. The largest absolute Gasteiger partial charge is 0.748 e. The molecule has 0 saturated carbocycles. The molecule has 0 amide bonds. The summed E-state index contributed by atoms with van der Waals surface area (Å²) >= 11 is 0. The van der Waals surface area contributed by atoms with E-state index in [9.17, 15) is 77.8 Å². The molecule has 26 nitrogen and oxygen atoms in total. The Morgan fingerprint density at radius 2 is 0.733 bits per heavy atom. The van der Waals surface area contributed by atoms with Crippen LogP contribution in [0.5, 0.6) is 0 Å². The Morgan fingerprint density at radius 3 is 1.10 bits per heavy atom. The van der Waals surface area contributed by atoms with Crippen LogP contribution in [0.3, 0.4) is 0 Å². The highest BCUT2D eigenvalue weighted by atomic mass is 32.2. The summed E-state index contributed by atoms with van der Waals surface area (Å²) in [5.74, 6) is 17.1. The molecule has 1 aliphatic carbocycles. The molecule has 6 atom stereocenters. The van der Waals surface area contributed by atoms with Gasteiger partial charge in [0.15, 0.2) is 0 Å². The second kappa shape index (κ2) is 28.1. The predicted molar refractivity (Wildman–Crippen MR) is 319 cm³/mol. The van der Waals surface area contributed by atoms with E-state index in [0.717, 1.165) is 68.6 Å². The Kier molecular flexibility index (Phi) is 21.7. The number of hydrogen-bond donors (Lipinski definition) is 7. The molecular weight excluding hydrogens is 1290 g/mol. The summed E-state index contributed by atoms with van der Waals surface area (Å²) in [6.45, 7) is 0. The van der Waals surface area contributed by atoms with Gasteiger partial charge in [-0.15, -0.1) is 0 Å². The monoisotopic (exact) mass is 1350 g/mol. The number of ether oxygens (including phenoxy) is 1. The first-order valence-electron chi connectivity index (χ1n) is 26.2. The molecule has 2 aliphatic heterocycles. The van der Waals surface area contributed by atoms with Crippen molar-refractivity contribution in [1.82, 2.24) is 5.32 Å². The fraction of sp³-hybridized carbons (Fsp3) is 0.172. The van der Waals surface area contributed by atoms with Crippen molar-refractivity contribution in [2.45, 2.75) is 57.5 Å². The molecule has 32 heteroatoms. The zero-order valence-corrected chi connectivity index (χ0v) is 52.0. The van der Waals surface area contributed by atoms with Gasteiger partial charge in [-0.25, -0.2) is 50.5 Å². The summed E-state index contributed by atoms with van der Waals surface area (Å²) in [5.41, 5.74) is 33.0. The van der Waals surface area contributed by atoms with Gasteiger partial charge in [0.25, 0.3) is 0 Å². The van der Waals surface area contributed by atoms with Crippen molar-refractivity contribution in [2.75, 3.05) is 0 Å². The number of quaternary nitrogens is 6. The van der Waals surface area contributed by atoms with Crippen LogP contribution in [-0.2, 0) is 65.4 Å². The number of nitrogens with one attached hydrogen (secondary N) is 1. The number of rotatable bonds is 9. The average Bonchev–Trinajstić information content (AvgIpc) is 0.867. The molecule has 0 fully saturated rings. The van der Waals surface area contributed by atoms with E-state index in [-0.39, 0.29) is 17.6 Å². The van der Waals surface area contributed by atoms with E-state index in [0.29, 0.717) is 33.6 Å². The predicted octanol–water partition coefficient (Wildman–Crippen LogP) is -1.34. The zero-order chi connectivity index (χ0) is 66.3. The summed E-state index contributed by atoms with van der Waals surface area (Å²) in [5, 5.41) is -7.54. The van der Waals surface area contributed by atoms with Crippen LogP contribution in [0.2, 0.25) is 0 Å². The van der Waals surface area contributed by atoms with Gasteiger partial charge in [0.2, 0.25) is 5.44 Å². The highest BCUT2D eigenvalue weighted by Crippen LogP contribution is 2.33. The van der Waals surface area contributed by atoms with Crippen molar-refractivity contribution < 1.29 is 117 Å². The molecule has 6 aromatic rings. The Hall–Kier alpha value is -7.96. The van der Waals surface area contributed by atoms with Crippen LogP contribution >= 0.6 is 0 Å². The fourth-order valence-electron chi connectivity index (χ4n) is 9.49. The second-order valence-electron chi connectivity index (χ2n) is 20.6. The van der Waals surface area contributed by atoms with Gasteiger partial charge in [-0.2, -0.15) is 0 Å². The van der Waals surface area contributed by atoms with E-state index >= 15 is 0 Å². The van der Waals surface area contributed by atoms with E-state index in [1.54, 1.807) is 18.2 Å². The molecular formula is C58H57N7O19S6. The Labute approximate surface area is 519 Å². The summed E-state index contributed by atoms with van der Waals surface area (Å²) in [6, 6.07) is 38.7. The lowest BCUT2D eigenvalue weighted by Crippen LogP contribution is -2.49. The molecule has 9 rings (SSSR count). The van der Waals surface area contributed by atoms with Gasteiger partial charge in [0, 0.05) is 83.3 Å². The molecule has 474 valence electrons. The van der Waals surface area contributed by atoms with Gasteiger partial charge in [-0.3, -0.25) is 0 Å². The Morgan fingerprint density at radius 1 is 0.378 bits per heavy atom. The first-order valence-corrected chi connectivity index (χ1v) is 35.1. The first kappa shape index (κ1) is 69.5.